The van der Waals surface area contributed by atoms with Crippen molar-refractivity contribution in [2.24, 2.45) is 17.8 Å². The number of pyridine rings is 1. The molecule has 0 unspecified atom stereocenters. The summed E-state index contributed by atoms with van der Waals surface area (Å²) in [5.41, 5.74) is 2.80. The predicted molar refractivity (Wildman–Crippen MR) is 139 cm³/mol. The van der Waals surface area contributed by atoms with Gasteiger partial charge in [0.15, 0.2) is 0 Å². The number of carbonyl (C=O) groups is 2. The first-order valence-corrected chi connectivity index (χ1v) is 13.5. The van der Waals surface area contributed by atoms with E-state index in [0.717, 1.165) is 23.4 Å². The molecule has 1 aromatic heterocycles. The highest BCUT2D eigenvalue weighted by molar-refractivity contribution is 5.83. The number of ether oxygens (including phenoxy) is 1. The minimum absolute atomic E-state index is 0.0126. The monoisotopic (exact) mass is 520 g/mol. The summed E-state index contributed by atoms with van der Waals surface area (Å²) in [5, 5.41) is 11.5. The number of esters is 1. The van der Waals surface area contributed by atoms with Gasteiger partial charge >= 0.3 is 5.97 Å². The Morgan fingerprint density at radius 2 is 1.92 bits per heavy atom. The molecule has 10 nitrogen and oxygen atoms in total. The van der Waals surface area contributed by atoms with Crippen molar-refractivity contribution in [2.75, 3.05) is 31.1 Å². The van der Waals surface area contributed by atoms with E-state index >= 15 is 0 Å². The Kier molecular flexibility index (Phi) is 6.20. The molecule has 6 rings (SSSR count). The number of piperidine rings is 2. The van der Waals surface area contributed by atoms with Gasteiger partial charge in [-0.3, -0.25) is 24.5 Å². The maximum Gasteiger partial charge on any atom is 0.309 e. The number of anilines is 1. The fourth-order valence-corrected chi connectivity index (χ4v) is 7.27. The molecule has 200 valence electrons. The zero-order chi connectivity index (χ0) is 26.6. The van der Waals surface area contributed by atoms with Crippen LogP contribution >= 0.6 is 0 Å². The smallest absolute Gasteiger partial charge is 0.309 e. The normalized spacial score (nSPS) is 26.1. The third kappa shape index (κ3) is 4.06. The molecular weight excluding hydrogens is 488 g/mol. The lowest BCUT2D eigenvalue weighted by atomic mass is 9.69. The number of likely N-dealkylation sites (tertiary alicyclic amines) is 1. The second-order valence-electron chi connectivity index (χ2n) is 11.0. The first-order chi connectivity index (χ1) is 18.4. The fraction of sp³-hybridized carbons (Fsp3) is 0.536. The summed E-state index contributed by atoms with van der Waals surface area (Å²) < 4.78 is 7.05. The number of hydrogen-bond acceptors (Lipinski definition) is 7. The van der Waals surface area contributed by atoms with Gasteiger partial charge in [-0.2, -0.15) is 0 Å². The van der Waals surface area contributed by atoms with E-state index < -0.39 is 4.92 Å². The maximum absolute atomic E-state index is 14.1. The van der Waals surface area contributed by atoms with Crippen molar-refractivity contribution in [1.29, 1.82) is 0 Å². The molecule has 2 fully saturated rings. The molecule has 5 heterocycles. The number of aromatic nitrogens is 1. The summed E-state index contributed by atoms with van der Waals surface area (Å²) >= 11 is 0. The van der Waals surface area contributed by atoms with Gasteiger partial charge in [-0.05, 0) is 56.2 Å². The highest BCUT2D eigenvalue weighted by Crippen LogP contribution is 2.48. The number of carbonyl (C=O) groups excluding carboxylic acids is 2. The number of amides is 1. The fourth-order valence-electron chi connectivity index (χ4n) is 7.27. The van der Waals surface area contributed by atoms with E-state index in [0.29, 0.717) is 52.0 Å². The first-order valence-electron chi connectivity index (χ1n) is 13.5. The zero-order valence-electron chi connectivity index (χ0n) is 21.5. The lowest BCUT2D eigenvalue weighted by molar-refractivity contribution is -0.384. The number of nitrogens with zero attached hydrogens (tertiary/aromatic N) is 4. The summed E-state index contributed by atoms with van der Waals surface area (Å²) in [5.74, 6) is -0.483. The van der Waals surface area contributed by atoms with Gasteiger partial charge < -0.3 is 19.1 Å². The van der Waals surface area contributed by atoms with Crippen molar-refractivity contribution >= 4 is 23.3 Å². The van der Waals surface area contributed by atoms with E-state index in [1.165, 1.54) is 0 Å². The Morgan fingerprint density at radius 3 is 2.66 bits per heavy atom. The molecule has 1 aromatic carbocycles. The molecule has 4 aliphatic heterocycles. The SMILES string of the molecule is CCOC(=O)C1CCN(C(=O)[C@@H]2Cc3cc([N+](=O)[O-])ccc3N3C[C@@H]4C[C@@H](Cn5c4cccc5=O)[C@@H]23)CC1. The number of nitro benzene ring substituents is 1. The predicted octanol–water partition coefficient (Wildman–Crippen LogP) is 2.72. The minimum Gasteiger partial charge on any atom is -0.466 e. The topological polar surface area (TPSA) is 115 Å². The van der Waals surface area contributed by atoms with Crippen LogP contribution in [0.4, 0.5) is 11.4 Å². The van der Waals surface area contributed by atoms with Crippen molar-refractivity contribution in [2.45, 2.75) is 51.1 Å². The van der Waals surface area contributed by atoms with Crippen molar-refractivity contribution in [3.8, 4) is 0 Å². The van der Waals surface area contributed by atoms with E-state index in [2.05, 4.69) is 4.90 Å². The number of nitro groups is 1. The van der Waals surface area contributed by atoms with Crippen LogP contribution in [0.15, 0.2) is 41.2 Å². The Morgan fingerprint density at radius 1 is 1.13 bits per heavy atom. The van der Waals surface area contributed by atoms with Crippen LogP contribution in [0.5, 0.6) is 0 Å². The highest BCUT2D eigenvalue weighted by Gasteiger charge is 2.50. The second-order valence-corrected chi connectivity index (χ2v) is 11.0. The van der Waals surface area contributed by atoms with Crippen LogP contribution in [0.2, 0.25) is 0 Å². The molecule has 2 saturated heterocycles. The van der Waals surface area contributed by atoms with Crippen molar-refractivity contribution in [3.63, 3.8) is 0 Å². The van der Waals surface area contributed by atoms with Gasteiger partial charge in [-0.25, -0.2) is 0 Å². The molecule has 0 aliphatic carbocycles. The second kappa shape index (κ2) is 9.56. The lowest BCUT2D eigenvalue weighted by Gasteiger charge is -2.54. The maximum atomic E-state index is 14.1. The van der Waals surface area contributed by atoms with Crippen LogP contribution in [0, 0.1) is 27.9 Å². The van der Waals surface area contributed by atoms with Gasteiger partial charge in [-0.15, -0.1) is 0 Å². The Bertz CT molecular complexity index is 1350. The van der Waals surface area contributed by atoms with Gasteiger partial charge in [0.1, 0.15) is 0 Å². The average molecular weight is 521 g/mol. The number of hydrogen-bond donors (Lipinski definition) is 0. The molecule has 2 aromatic rings. The number of rotatable bonds is 4. The van der Waals surface area contributed by atoms with E-state index in [9.17, 15) is 24.5 Å². The third-order valence-corrected chi connectivity index (χ3v) is 8.95. The lowest BCUT2D eigenvalue weighted by Crippen LogP contribution is -2.61. The molecule has 2 bridgehead atoms. The Balaban J connectivity index is 1.33. The molecule has 4 atom stereocenters. The largest absolute Gasteiger partial charge is 0.466 e. The molecule has 0 radical (unpaired) electrons. The molecule has 4 aliphatic rings. The molecular formula is C28H32N4O6. The van der Waals surface area contributed by atoms with Crippen LogP contribution in [-0.2, 0) is 27.3 Å². The molecule has 0 N–H and O–H groups in total. The molecule has 10 heteroatoms. The van der Waals surface area contributed by atoms with Crippen LogP contribution < -0.4 is 10.5 Å². The van der Waals surface area contributed by atoms with Gasteiger partial charge in [-0.1, -0.05) is 6.07 Å². The molecule has 0 saturated carbocycles. The van der Waals surface area contributed by atoms with Crippen LogP contribution in [0.3, 0.4) is 0 Å². The highest BCUT2D eigenvalue weighted by atomic mass is 16.6. The zero-order valence-corrected chi connectivity index (χ0v) is 21.5. The third-order valence-electron chi connectivity index (χ3n) is 8.95. The summed E-state index contributed by atoms with van der Waals surface area (Å²) in [6.45, 7) is 4.33. The summed E-state index contributed by atoms with van der Waals surface area (Å²) in [4.78, 5) is 54.3. The van der Waals surface area contributed by atoms with Crippen LogP contribution in [0.25, 0.3) is 0 Å². The van der Waals surface area contributed by atoms with Gasteiger partial charge in [0.05, 0.1) is 23.4 Å². The Labute approximate surface area is 220 Å². The van der Waals surface area contributed by atoms with Gasteiger partial charge in [0, 0.05) is 67.7 Å². The molecule has 0 spiro atoms. The van der Waals surface area contributed by atoms with Gasteiger partial charge in [0.25, 0.3) is 11.2 Å². The number of fused-ring (bicyclic) bond motifs is 8. The van der Waals surface area contributed by atoms with E-state index in [1.807, 2.05) is 21.6 Å². The van der Waals surface area contributed by atoms with Crippen LogP contribution in [-0.4, -0.2) is 58.5 Å². The van der Waals surface area contributed by atoms with E-state index in [4.69, 9.17) is 4.74 Å². The minimum atomic E-state index is -0.392. The van der Waals surface area contributed by atoms with E-state index in [-0.39, 0.29) is 52.8 Å². The quantitative estimate of drug-likeness (QED) is 0.346. The van der Waals surface area contributed by atoms with Crippen molar-refractivity contribution in [3.05, 3.63) is 68.1 Å². The average Bonchev–Trinajstić information content (AvgIpc) is 2.92. The van der Waals surface area contributed by atoms with Crippen molar-refractivity contribution in [1.82, 2.24) is 9.47 Å². The van der Waals surface area contributed by atoms with E-state index in [1.54, 1.807) is 31.2 Å². The Hall–Kier alpha value is -3.69. The molecule has 1 amide bonds. The van der Waals surface area contributed by atoms with Crippen molar-refractivity contribution < 1.29 is 19.2 Å². The first kappa shape index (κ1) is 24.6. The standard InChI is InChI=1S/C28H32N4O6/c1-2-38-28(35)17-8-10-29(11-9-17)27(34)22-14-18-13-21(32(36)37)6-7-24(18)31-15-19-12-20(26(22)31)16-30-23(19)4-3-5-25(30)33/h3-7,13,17,19-20,22,26H,2,8-12,14-16H2,1H3/t19-,20-,22+,26-/m0/s1. The summed E-state index contributed by atoms with van der Waals surface area (Å²) in [7, 11) is 0. The van der Waals surface area contributed by atoms with Gasteiger partial charge in [0.2, 0.25) is 5.91 Å². The molecule has 38 heavy (non-hydrogen) atoms. The van der Waals surface area contributed by atoms with Crippen LogP contribution in [0.1, 0.15) is 43.4 Å². The summed E-state index contributed by atoms with van der Waals surface area (Å²) in [6.07, 6.45) is 2.47. The number of benzene rings is 1. The number of non-ortho nitro benzene ring substituents is 1. The summed E-state index contributed by atoms with van der Waals surface area (Å²) in [6, 6.07) is 10.3.